The first-order valence-electron chi connectivity index (χ1n) is 14.2. The summed E-state index contributed by atoms with van der Waals surface area (Å²) in [4.78, 5) is 11.6. The summed E-state index contributed by atoms with van der Waals surface area (Å²) in [6.07, 6.45) is 5.82. The van der Waals surface area contributed by atoms with Crippen LogP contribution in [0.25, 0.3) is 21.8 Å². The van der Waals surface area contributed by atoms with Gasteiger partial charge in [-0.25, -0.2) is 0 Å². The molecule has 0 bridgehead atoms. The second-order valence-electron chi connectivity index (χ2n) is 10.2. The van der Waals surface area contributed by atoms with Gasteiger partial charge in [-0.3, -0.25) is 4.79 Å². The highest BCUT2D eigenvalue weighted by atomic mass is 16.5. The van der Waals surface area contributed by atoms with Crippen LogP contribution in [0, 0.1) is 0 Å². The smallest absolute Gasteiger partial charge is 0.323 e. The SMILES string of the molecule is O=C(O)[C@H](COCc1cc(CCCCCn2c3ccccc3c3ccccc32)no1)NCCCc1ccccc1. The highest BCUT2D eigenvalue weighted by Crippen LogP contribution is 2.29. The minimum atomic E-state index is -0.918. The molecule has 3 aromatic carbocycles. The Hall–Kier alpha value is -3.94. The van der Waals surface area contributed by atoms with Crippen LogP contribution in [0.5, 0.6) is 0 Å². The van der Waals surface area contributed by atoms with Crippen LogP contribution < -0.4 is 5.32 Å². The van der Waals surface area contributed by atoms with Crippen molar-refractivity contribution in [3.05, 3.63) is 102 Å². The number of aromatic nitrogens is 2. The van der Waals surface area contributed by atoms with Gasteiger partial charge >= 0.3 is 5.97 Å². The summed E-state index contributed by atoms with van der Waals surface area (Å²) < 4.78 is 13.5. The normalized spacial score (nSPS) is 12.3. The number of fused-ring (bicyclic) bond motifs is 3. The Labute approximate surface area is 234 Å². The van der Waals surface area contributed by atoms with Gasteiger partial charge in [-0.05, 0) is 56.3 Å². The number of hydrogen-bond acceptors (Lipinski definition) is 5. The van der Waals surface area contributed by atoms with Gasteiger partial charge in [-0.2, -0.15) is 0 Å². The third-order valence-corrected chi connectivity index (χ3v) is 7.30. The molecule has 0 fully saturated rings. The fourth-order valence-corrected chi connectivity index (χ4v) is 5.25. The minimum Gasteiger partial charge on any atom is -0.480 e. The van der Waals surface area contributed by atoms with E-state index in [0.717, 1.165) is 50.8 Å². The predicted octanol–water partition coefficient (Wildman–Crippen LogP) is 6.39. The lowest BCUT2D eigenvalue weighted by atomic mass is 10.1. The fourth-order valence-electron chi connectivity index (χ4n) is 5.25. The lowest BCUT2D eigenvalue weighted by Gasteiger charge is -2.14. The minimum absolute atomic E-state index is 0.0689. The molecule has 0 aliphatic heterocycles. The Kier molecular flexibility index (Phi) is 9.61. The zero-order valence-corrected chi connectivity index (χ0v) is 22.8. The van der Waals surface area contributed by atoms with Crippen LogP contribution in [0.2, 0.25) is 0 Å². The van der Waals surface area contributed by atoms with E-state index in [9.17, 15) is 9.90 Å². The van der Waals surface area contributed by atoms with Gasteiger partial charge in [-0.15, -0.1) is 0 Å². The first-order chi connectivity index (χ1) is 19.7. The third kappa shape index (κ3) is 7.17. The van der Waals surface area contributed by atoms with E-state index < -0.39 is 12.0 Å². The zero-order valence-electron chi connectivity index (χ0n) is 22.8. The number of unbranched alkanes of at least 4 members (excludes halogenated alkanes) is 2. The largest absolute Gasteiger partial charge is 0.480 e. The van der Waals surface area contributed by atoms with Gasteiger partial charge in [0.1, 0.15) is 12.6 Å². The molecule has 40 heavy (non-hydrogen) atoms. The molecule has 0 spiro atoms. The van der Waals surface area contributed by atoms with Crippen LogP contribution in [0.4, 0.5) is 0 Å². The molecule has 0 amide bonds. The maximum absolute atomic E-state index is 11.6. The molecule has 0 unspecified atom stereocenters. The Balaban J connectivity index is 1.00. The molecule has 5 aromatic rings. The average Bonchev–Trinajstić information content (AvgIpc) is 3.57. The lowest BCUT2D eigenvalue weighted by molar-refractivity contribution is -0.141. The number of para-hydroxylation sites is 2. The molecule has 2 aromatic heterocycles. The van der Waals surface area contributed by atoms with E-state index in [4.69, 9.17) is 9.26 Å². The predicted molar refractivity (Wildman–Crippen MR) is 157 cm³/mol. The Bertz CT molecular complexity index is 1460. The molecule has 7 nitrogen and oxygen atoms in total. The summed E-state index contributed by atoms with van der Waals surface area (Å²) in [5.41, 5.74) is 4.73. The third-order valence-electron chi connectivity index (χ3n) is 7.30. The van der Waals surface area contributed by atoms with Crippen LogP contribution >= 0.6 is 0 Å². The Morgan fingerprint density at radius 2 is 1.57 bits per heavy atom. The molecule has 2 heterocycles. The number of benzene rings is 3. The molecule has 2 N–H and O–H groups in total. The Morgan fingerprint density at radius 3 is 2.30 bits per heavy atom. The molecular weight excluding hydrogens is 502 g/mol. The number of ether oxygens (including phenoxy) is 1. The number of nitrogens with zero attached hydrogens (tertiary/aromatic N) is 2. The van der Waals surface area contributed by atoms with E-state index in [0.29, 0.717) is 12.3 Å². The second-order valence-corrected chi connectivity index (χ2v) is 10.2. The van der Waals surface area contributed by atoms with Crippen molar-refractivity contribution in [3.63, 3.8) is 0 Å². The number of rotatable bonds is 16. The van der Waals surface area contributed by atoms with Crippen LogP contribution in [0.3, 0.4) is 0 Å². The van der Waals surface area contributed by atoms with Crippen molar-refractivity contribution in [1.29, 1.82) is 0 Å². The van der Waals surface area contributed by atoms with Gasteiger partial charge in [0.25, 0.3) is 0 Å². The standard InChI is InChI=1S/C33H37N3O4/c37-33(38)30(34-20-11-14-25-12-3-1-4-13-25)24-39-23-27-22-26(35-40-27)15-5-2-10-21-36-31-18-8-6-16-28(31)29-17-7-9-19-32(29)36/h1,3-4,6-9,12-13,16-19,22,30,34H,2,5,10-11,14-15,20-21,23-24H2,(H,37,38)/t30-/m0/s1. The molecule has 0 aliphatic carbocycles. The molecule has 0 saturated carbocycles. The van der Waals surface area contributed by atoms with E-state index in [1.807, 2.05) is 24.3 Å². The highest BCUT2D eigenvalue weighted by molar-refractivity contribution is 6.07. The van der Waals surface area contributed by atoms with Crippen molar-refractivity contribution in [2.24, 2.45) is 0 Å². The van der Waals surface area contributed by atoms with Crippen molar-refractivity contribution < 1.29 is 19.2 Å². The zero-order chi connectivity index (χ0) is 27.6. The van der Waals surface area contributed by atoms with Gasteiger partial charge in [0, 0.05) is 34.4 Å². The summed E-state index contributed by atoms with van der Waals surface area (Å²) in [7, 11) is 0. The fraction of sp³-hybridized carbons (Fsp3) is 0.333. The maximum Gasteiger partial charge on any atom is 0.323 e. The van der Waals surface area contributed by atoms with E-state index in [-0.39, 0.29) is 13.2 Å². The Morgan fingerprint density at radius 1 is 0.875 bits per heavy atom. The molecule has 0 aliphatic rings. The number of hydrogen-bond donors (Lipinski definition) is 2. The molecule has 5 rings (SSSR count). The quantitative estimate of drug-likeness (QED) is 0.141. The van der Waals surface area contributed by atoms with Gasteiger partial charge in [0.05, 0.1) is 12.3 Å². The summed E-state index contributed by atoms with van der Waals surface area (Å²) in [6, 6.07) is 28.6. The first kappa shape index (κ1) is 27.6. The number of carboxylic acid groups (broad SMARTS) is 1. The summed E-state index contributed by atoms with van der Waals surface area (Å²) in [6.45, 7) is 1.87. The number of aryl methyl sites for hydroxylation is 3. The molecule has 1 atom stereocenters. The van der Waals surface area contributed by atoms with Crippen LogP contribution in [-0.4, -0.2) is 40.0 Å². The first-order valence-corrected chi connectivity index (χ1v) is 14.2. The van der Waals surface area contributed by atoms with E-state index in [1.54, 1.807) is 0 Å². The maximum atomic E-state index is 11.6. The molecule has 208 valence electrons. The van der Waals surface area contributed by atoms with Crippen LogP contribution in [0.15, 0.2) is 89.5 Å². The highest BCUT2D eigenvalue weighted by Gasteiger charge is 2.17. The lowest BCUT2D eigenvalue weighted by Crippen LogP contribution is -2.41. The topological polar surface area (TPSA) is 89.5 Å². The number of carbonyl (C=O) groups is 1. The van der Waals surface area contributed by atoms with Gasteiger partial charge in [0.2, 0.25) is 0 Å². The number of aliphatic carboxylic acids is 1. The molecule has 0 radical (unpaired) electrons. The van der Waals surface area contributed by atoms with E-state index in [2.05, 4.69) is 75.7 Å². The van der Waals surface area contributed by atoms with Crippen molar-refractivity contribution >= 4 is 27.8 Å². The molecule has 0 saturated heterocycles. The van der Waals surface area contributed by atoms with Crippen LogP contribution in [-0.2, 0) is 35.5 Å². The van der Waals surface area contributed by atoms with E-state index >= 15 is 0 Å². The summed E-state index contributed by atoms with van der Waals surface area (Å²) in [5.74, 6) is -0.299. The van der Waals surface area contributed by atoms with Crippen molar-refractivity contribution in [2.75, 3.05) is 13.2 Å². The second kappa shape index (κ2) is 13.9. The average molecular weight is 540 g/mol. The van der Waals surface area contributed by atoms with Crippen molar-refractivity contribution in [2.45, 2.75) is 57.7 Å². The van der Waals surface area contributed by atoms with Crippen LogP contribution in [0.1, 0.15) is 42.7 Å². The number of carboxylic acids is 1. The molecular formula is C33H37N3O4. The van der Waals surface area contributed by atoms with Crippen molar-refractivity contribution in [3.8, 4) is 0 Å². The summed E-state index contributed by atoms with van der Waals surface area (Å²) >= 11 is 0. The number of nitrogens with one attached hydrogen (secondary N) is 1. The summed E-state index contributed by atoms with van der Waals surface area (Å²) in [5, 5.41) is 19.4. The van der Waals surface area contributed by atoms with Crippen molar-refractivity contribution in [1.82, 2.24) is 15.0 Å². The van der Waals surface area contributed by atoms with Gasteiger partial charge in [0.15, 0.2) is 5.76 Å². The molecule has 7 heteroatoms. The van der Waals surface area contributed by atoms with E-state index in [1.165, 1.54) is 27.4 Å². The van der Waals surface area contributed by atoms with Gasteiger partial charge in [-0.1, -0.05) is 78.3 Å². The monoisotopic (exact) mass is 539 g/mol. The van der Waals surface area contributed by atoms with Gasteiger partial charge < -0.3 is 24.3 Å².